The van der Waals surface area contributed by atoms with Crippen molar-refractivity contribution in [3.63, 3.8) is 0 Å². The van der Waals surface area contributed by atoms with Crippen molar-refractivity contribution in [2.75, 3.05) is 13.1 Å². The zero-order valence-electron chi connectivity index (χ0n) is 11.2. The van der Waals surface area contributed by atoms with Crippen LogP contribution in [0.1, 0.15) is 52.4 Å². The highest BCUT2D eigenvalue weighted by Crippen LogP contribution is 2.35. The number of piperidine rings is 1. The quantitative estimate of drug-likeness (QED) is 0.773. The van der Waals surface area contributed by atoms with E-state index in [1.807, 2.05) is 0 Å². The number of hydrogen-bond acceptors (Lipinski definition) is 2. The monoisotopic (exact) mass is 238 g/mol. The van der Waals surface area contributed by atoms with Gasteiger partial charge in [0.2, 0.25) is 5.91 Å². The highest BCUT2D eigenvalue weighted by Gasteiger charge is 2.34. The molecule has 17 heavy (non-hydrogen) atoms. The molecular weight excluding hydrogens is 212 g/mol. The van der Waals surface area contributed by atoms with Crippen LogP contribution in [0.2, 0.25) is 0 Å². The number of rotatable bonds is 2. The maximum absolute atomic E-state index is 12.2. The first kappa shape index (κ1) is 12.9. The Bertz CT molecular complexity index is 269. The predicted molar refractivity (Wildman–Crippen MR) is 69.8 cm³/mol. The van der Waals surface area contributed by atoms with Crippen LogP contribution in [0.3, 0.4) is 0 Å². The van der Waals surface area contributed by atoms with Gasteiger partial charge in [0.15, 0.2) is 0 Å². The second-order valence-corrected chi connectivity index (χ2v) is 6.32. The van der Waals surface area contributed by atoms with Crippen molar-refractivity contribution < 1.29 is 4.79 Å². The number of nitrogens with one attached hydrogen (secondary N) is 2. The highest BCUT2D eigenvalue weighted by atomic mass is 16.1. The van der Waals surface area contributed by atoms with E-state index in [-0.39, 0.29) is 11.3 Å². The maximum atomic E-state index is 12.2. The molecule has 2 fully saturated rings. The van der Waals surface area contributed by atoms with Crippen molar-refractivity contribution in [2.45, 2.75) is 58.4 Å². The Morgan fingerprint density at radius 2 is 1.88 bits per heavy atom. The lowest BCUT2D eigenvalue weighted by atomic mass is 9.73. The van der Waals surface area contributed by atoms with Gasteiger partial charge >= 0.3 is 0 Å². The molecular formula is C14H26N2O. The van der Waals surface area contributed by atoms with Gasteiger partial charge in [-0.1, -0.05) is 26.7 Å². The number of carbonyl (C=O) groups excluding carboxylic acids is 1. The summed E-state index contributed by atoms with van der Waals surface area (Å²) < 4.78 is 0. The fourth-order valence-corrected chi connectivity index (χ4v) is 3.14. The molecule has 98 valence electrons. The molecule has 1 saturated carbocycles. The zero-order chi connectivity index (χ0) is 12.3. The molecule has 1 atom stereocenters. The van der Waals surface area contributed by atoms with Gasteiger partial charge in [0, 0.05) is 12.0 Å². The van der Waals surface area contributed by atoms with Gasteiger partial charge in [-0.3, -0.25) is 4.79 Å². The van der Waals surface area contributed by atoms with E-state index >= 15 is 0 Å². The normalized spacial score (nSPS) is 29.9. The third-order valence-electron chi connectivity index (χ3n) is 4.53. The summed E-state index contributed by atoms with van der Waals surface area (Å²) >= 11 is 0. The fourth-order valence-electron chi connectivity index (χ4n) is 3.14. The van der Waals surface area contributed by atoms with Crippen molar-refractivity contribution in [2.24, 2.45) is 11.3 Å². The summed E-state index contributed by atoms with van der Waals surface area (Å²) in [4.78, 5) is 12.2. The molecule has 0 aromatic heterocycles. The molecule has 0 aromatic rings. The maximum Gasteiger partial charge on any atom is 0.223 e. The van der Waals surface area contributed by atoms with E-state index in [4.69, 9.17) is 0 Å². The molecule has 3 nitrogen and oxygen atoms in total. The Morgan fingerprint density at radius 3 is 2.53 bits per heavy atom. The summed E-state index contributed by atoms with van der Waals surface area (Å²) in [7, 11) is 0. The summed E-state index contributed by atoms with van der Waals surface area (Å²) in [6.45, 7) is 6.57. The number of hydrogen-bond donors (Lipinski definition) is 2. The predicted octanol–water partition coefficient (Wildman–Crippen LogP) is 2.07. The topological polar surface area (TPSA) is 41.1 Å². The first-order chi connectivity index (χ1) is 8.09. The Kier molecular flexibility index (Phi) is 4.08. The van der Waals surface area contributed by atoms with Crippen LogP contribution in [0.5, 0.6) is 0 Å². The number of amides is 1. The van der Waals surface area contributed by atoms with Crippen molar-refractivity contribution in [1.82, 2.24) is 10.6 Å². The molecule has 0 aromatic carbocycles. The third kappa shape index (κ3) is 3.21. The van der Waals surface area contributed by atoms with Crippen LogP contribution in [-0.4, -0.2) is 25.0 Å². The zero-order valence-corrected chi connectivity index (χ0v) is 11.2. The second-order valence-electron chi connectivity index (χ2n) is 6.32. The SMILES string of the molecule is CC1(C)CCCCC1NC(=O)C1CCNCC1. The Hall–Kier alpha value is -0.570. The molecule has 1 aliphatic heterocycles. The van der Waals surface area contributed by atoms with Crippen molar-refractivity contribution in [3.8, 4) is 0 Å². The van der Waals surface area contributed by atoms with Gasteiger partial charge in [-0.25, -0.2) is 0 Å². The largest absolute Gasteiger partial charge is 0.353 e. The third-order valence-corrected chi connectivity index (χ3v) is 4.53. The summed E-state index contributed by atoms with van der Waals surface area (Å²) in [5, 5.41) is 6.62. The second kappa shape index (κ2) is 5.38. The lowest BCUT2D eigenvalue weighted by molar-refractivity contribution is -0.127. The molecule has 0 bridgehead atoms. The first-order valence-corrected chi connectivity index (χ1v) is 7.11. The lowest BCUT2D eigenvalue weighted by Crippen LogP contribution is -2.49. The van der Waals surface area contributed by atoms with Gasteiger partial charge < -0.3 is 10.6 Å². The Morgan fingerprint density at radius 1 is 1.18 bits per heavy atom. The highest BCUT2D eigenvalue weighted by molar-refractivity contribution is 5.79. The molecule has 3 heteroatoms. The fraction of sp³-hybridized carbons (Fsp3) is 0.929. The minimum absolute atomic E-state index is 0.244. The minimum Gasteiger partial charge on any atom is -0.353 e. The molecule has 0 spiro atoms. The summed E-state index contributed by atoms with van der Waals surface area (Å²) in [6, 6.07) is 0.388. The van der Waals surface area contributed by atoms with Crippen LogP contribution in [0.25, 0.3) is 0 Å². The first-order valence-electron chi connectivity index (χ1n) is 7.11. The van der Waals surface area contributed by atoms with Gasteiger partial charge in [0.05, 0.1) is 0 Å². The number of carbonyl (C=O) groups is 1. The molecule has 1 saturated heterocycles. The van der Waals surface area contributed by atoms with Crippen LogP contribution in [0, 0.1) is 11.3 Å². The van der Waals surface area contributed by atoms with Gasteiger partial charge in [-0.2, -0.15) is 0 Å². The molecule has 2 rings (SSSR count). The van der Waals surface area contributed by atoms with Crippen LogP contribution in [0.15, 0.2) is 0 Å². The summed E-state index contributed by atoms with van der Waals surface area (Å²) in [5.41, 5.74) is 0.279. The van der Waals surface area contributed by atoms with Gasteiger partial charge in [-0.15, -0.1) is 0 Å². The van der Waals surface area contributed by atoms with Crippen molar-refractivity contribution in [1.29, 1.82) is 0 Å². The van der Waals surface area contributed by atoms with Gasteiger partial charge in [0.1, 0.15) is 0 Å². The van der Waals surface area contributed by atoms with Crippen LogP contribution in [-0.2, 0) is 4.79 Å². The average Bonchev–Trinajstić information content (AvgIpc) is 2.33. The summed E-state index contributed by atoms with van der Waals surface area (Å²) in [5.74, 6) is 0.542. The molecule has 1 aliphatic carbocycles. The molecule has 1 unspecified atom stereocenters. The molecule has 1 amide bonds. The van der Waals surface area contributed by atoms with Gasteiger partial charge in [-0.05, 0) is 44.2 Å². The van der Waals surface area contributed by atoms with Gasteiger partial charge in [0.25, 0.3) is 0 Å². The van der Waals surface area contributed by atoms with Crippen molar-refractivity contribution in [3.05, 3.63) is 0 Å². The van der Waals surface area contributed by atoms with Crippen LogP contribution >= 0.6 is 0 Å². The van der Waals surface area contributed by atoms with E-state index in [2.05, 4.69) is 24.5 Å². The Labute approximate surface area is 105 Å². The summed E-state index contributed by atoms with van der Waals surface area (Å²) in [6.07, 6.45) is 6.97. The van der Waals surface area contributed by atoms with E-state index in [0.717, 1.165) is 32.4 Å². The van der Waals surface area contributed by atoms with Crippen LogP contribution < -0.4 is 10.6 Å². The molecule has 1 heterocycles. The lowest BCUT2D eigenvalue weighted by Gasteiger charge is -2.40. The van der Waals surface area contributed by atoms with Crippen molar-refractivity contribution >= 4 is 5.91 Å². The molecule has 2 N–H and O–H groups in total. The Balaban J connectivity index is 1.88. The van der Waals surface area contributed by atoms with E-state index in [1.54, 1.807) is 0 Å². The molecule has 0 radical (unpaired) electrons. The van der Waals surface area contributed by atoms with E-state index in [1.165, 1.54) is 19.3 Å². The smallest absolute Gasteiger partial charge is 0.223 e. The average molecular weight is 238 g/mol. The van der Waals surface area contributed by atoms with E-state index in [0.29, 0.717) is 11.9 Å². The molecule has 2 aliphatic rings. The van der Waals surface area contributed by atoms with E-state index in [9.17, 15) is 4.79 Å². The van der Waals surface area contributed by atoms with Crippen LogP contribution in [0.4, 0.5) is 0 Å². The standard InChI is InChI=1S/C14H26N2O/c1-14(2)8-4-3-5-12(14)16-13(17)11-6-9-15-10-7-11/h11-12,15H,3-10H2,1-2H3,(H,16,17). The van der Waals surface area contributed by atoms with E-state index < -0.39 is 0 Å². The minimum atomic E-state index is 0.244.